The quantitative estimate of drug-likeness (QED) is 0.167. The molecule has 1 spiro atoms. The van der Waals surface area contributed by atoms with Gasteiger partial charge < -0.3 is 9.80 Å². The molecule has 0 saturated carbocycles. The average molecular weight is 983 g/mol. The van der Waals surface area contributed by atoms with Crippen LogP contribution in [-0.2, 0) is 10.8 Å². The third-order valence-electron chi connectivity index (χ3n) is 16.0. The molecule has 12 aromatic rings. The molecule has 2 aromatic heterocycles. The summed E-state index contributed by atoms with van der Waals surface area (Å²) < 4.78 is 4.94. The van der Waals surface area contributed by atoms with Gasteiger partial charge in [0.05, 0.1) is 49.5 Å². The Morgan fingerprint density at radius 2 is 0.743 bits per heavy atom. The zero-order valence-corrected chi connectivity index (χ0v) is 42.9. The Balaban J connectivity index is 1.08. The molecule has 6 heteroatoms. The Kier molecular flexibility index (Phi) is 9.72. The first-order valence-electron chi connectivity index (χ1n) is 25.1. The maximum Gasteiger partial charge on any atom is 0.0992 e. The van der Waals surface area contributed by atoms with E-state index in [1.54, 1.807) is 0 Å². The van der Waals surface area contributed by atoms with Gasteiger partial charge in [0, 0.05) is 59.1 Å². The number of rotatable bonds is 6. The molecule has 14 rings (SSSR count). The Morgan fingerprint density at radius 3 is 1.18 bits per heavy atom. The van der Waals surface area contributed by atoms with Crippen molar-refractivity contribution in [1.29, 1.82) is 10.5 Å². The van der Waals surface area contributed by atoms with Crippen molar-refractivity contribution < 1.29 is 0 Å². The van der Waals surface area contributed by atoms with E-state index in [-0.39, 0.29) is 5.41 Å². The number of fused-ring (bicyclic) bond motifs is 15. The monoisotopic (exact) mass is 982 g/mol. The molecule has 0 fully saturated rings. The van der Waals surface area contributed by atoms with Crippen LogP contribution < -0.4 is 9.80 Å². The minimum atomic E-state index is -0.645. The van der Waals surface area contributed by atoms with Gasteiger partial charge in [0.2, 0.25) is 0 Å². The van der Waals surface area contributed by atoms with Crippen molar-refractivity contribution in [2.45, 2.75) is 38.5 Å². The molecular formula is C68H46N4S2. The van der Waals surface area contributed by atoms with E-state index in [1.807, 2.05) is 59.1 Å². The van der Waals surface area contributed by atoms with Crippen molar-refractivity contribution in [2.75, 3.05) is 9.80 Å². The van der Waals surface area contributed by atoms with E-state index in [1.165, 1.54) is 84.9 Å². The Labute approximate surface area is 438 Å². The lowest BCUT2D eigenvalue weighted by Gasteiger charge is -2.46. The molecule has 0 radical (unpaired) electrons. The fourth-order valence-corrected chi connectivity index (χ4v) is 15.2. The van der Waals surface area contributed by atoms with Gasteiger partial charge >= 0.3 is 0 Å². The smallest absolute Gasteiger partial charge is 0.0992 e. The number of thiophene rings is 2. The van der Waals surface area contributed by atoms with Crippen LogP contribution in [0.25, 0.3) is 51.5 Å². The first kappa shape index (κ1) is 44.0. The minimum Gasteiger partial charge on any atom is -0.309 e. The fourth-order valence-electron chi connectivity index (χ4n) is 12.7. The van der Waals surface area contributed by atoms with Gasteiger partial charge in [0.1, 0.15) is 0 Å². The number of anilines is 6. The van der Waals surface area contributed by atoms with Gasteiger partial charge in [-0.3, -0.25) is 0 Å². The maximum atomic E-state index is 10.3. The second-order valence-electron chi connectivity index (χ2n) is 20.3. The standard InChI is InChI=1S/C68H46N4S2/c1-41-15-9-21-49-51-23-13-29-61(65(51)73-63(41)49)71(45-19-11-17-43(35-45)39-69)47-31-33-55-53(37-47)54-38-48(32-34-56(54)68(55)59-27-7-5-25-57(59)67(3,4)58-26-6-8-28-60(58)68)72(46-20-12-18-44(36-46)40-70)62-30-14-24-52-50-22-10-16-42(2)64(50)74-66(52)62/h5-38H,1-4H3. The fraction of sp³-hybridized carbons (Fsp3) is 0.0882. The Bertz CT molecular complexity index is 4160. The van der Waals surface area contributed by atoms with Crippen molar-refractivity contribution in [1.82, 2.24) is 0 Å². The predicted molar refractivity (Wildman–Crippen MR) is 310 cm³/mol. The molecule has 0 unspecified atom stereocenters. The molecule has 0 bridgehead atoms. The lowest BCUT2D eigenvalue weighted by Crippen LogP contribution is -2.40. The maximum absolute atomic E-state index is 10.3. The predicted octanol–water partition coefficient (Wildman–Crippen LogP) is 18.7. The normalized spacial score (nSPS) is 13.6. The summed E-state index contributed by atoms with van der Waals surface area (Å²) in [6.07, 6.45) is 0. The van der Waals surface area contributed by atoms with Crippen LogP contribution in [0.1, 0.15) is 69.5 Å². The third-order valence-corrected chi connectivity index (χ3v) is 18.7. The van der Waals surface area contributed by atoms with Crippen LogP contribution >= 0.6 is 22.7 Å². The summed E-state index contributed by atoms with van der Waals surface area (Å²) >= 11 is 3.67. The lowest BCUT2D eigenvalue weighted by molar-refractivity contribution is 0.563. The van der Waals surface area contributed by atoms with Crippen LogP contribution in [-0.4, -0.2) is 0 Å². The minimum absolute atomic E-state index is 0.255. The van der Waals surface area contributed by atoms with Crippen LogP contribution in [0.4, 0.5) is 34.1 Å². The molecule has 2 aliphatic carbocycles. The number of nitrogens with zero attached hydrogens (tertiary/aromatic N) is 4. The first-order chi connectivity index (χ1) is 36.2. The van der Waals surface area contributed by atoms with Crippen molar-refractivity contribution in [2.24, 2.45) is 0 Å². The largest absolute Gasteiger partial charge is 0.309 e. The Hall–Kier alpha value is -8.78. The first-order valence-corrected chi connectivity index (χ1v) is 26.7. The van der Waals surface area contributed by atoms with Gasteiger partial charge in [-0.2, -0.15) is 10.5 Å². The zero-order chi connectivity index (χ0) is 50.0. The van der Waals surface area contributed by atoms with E-state index in [0.29, 0.717) is 11.1 Å². The van der Waals surface area contributed by atoms with Gasteiger partial charge in [-0.1, -0.05) is 147 Å². The summed E-state index contributed by atoms with van der Waals surface area (Å²) in [5.41, 5.74) is 18.7. The zero-order valence-electron chi connectivity index (χ0n) is 41.2. The molecule has 0 saturated heterocycles. The number of nitriles is 2. The summed E-state index contributed by atoms with van der Waals surface area (Å²) in [7, 11) is 0. The second kappa shape index (κ2) is 16.4. The summed E-state index contributed by atoms with van der Waals surface area (Å²) in [4.78, 5) is 4.72. The number of hydrogen-bond acceptors (Lipinski definition) is 6. The van der Waals surface area contributed by atoms with E-state index >= 15 is 0 Å². The van der Waals surface area contributed by atoms with Crippen LogP contribution in [0.5, 0.6) is 0 Å². The van der Waals surface area contributed by atoms with E-state index < -0.39 is 5.41 Å². The topological polar surface area (TPSA) is 54.1 Å². The van der Waals surface area contributed by atoms with Crippen LogP contribution in [0.15, 0.2) is 206 Å². The van der Waals surface area contributed by atoms with Gasteiger partial charge in [-0.25, -0.2) is 0 Å². The van der Waals surface area contributed by atoms with E-state index in [9.17, 15) is 10.5 Å². The SMILES string of the molecule is Cc1cccc2c1sc1c(N(c3cccc(C#N)c3)c3ccc4c(c3)-c3cc(N(c5cccc(C#N)c5)c5cccc6c5sc5c(C)cccc56)ccc3C43c4ccccc4C(C)(C)c4ccccc43)cccc12. The second-order valence-corrected chi connectivity index (χ2v) is 22.4. The summed E-state index contributed by atoms with van der Waals surface area (Å²) in [5, 5.41) is 25.6. The third kappa shape index (κ3) is 6.17. The van der Waals surface area contributed by atoms with E-state index in [2.05, 4.69) is 219 Å². The van der Waals surface area contributed by atoms with Gasteiger partial charge in [0.25, 0.3) is 0 Å². The summed E-state index contributed by atoms with van der Waals surface area (Å²) in [6.45, 7) is 9.13. The molecular weight excluding hydrogens is 937 g/mol. The molecule has 0 aliphatic heterocycles. The highest BCUT2D eigenvalue weighted by molar-refractivity contribution is 7.27. The molecule has 74 heavy (non-hydrogen) atoms. The molecule has 0 N–H and O–H groups in total. The van der Waals surface area contributed by atoms with Gasteiger partial charge in [-0.05, 0) is 142 Å². The van der Waals surface area contributed by atoms with Crippen molar-refractivity contribution >= 4 is 97.1 Å². The molecule has 4 nitrogen and oxygen atoms in total. The van der Waals surface area contributed by atoms with Crippen molar-refractivity contribution in [3.8, 4) is 23.3 Å². The lowest BCUT2D eigenvalue weighted by atomic mass is 9.55. The molecule has 2 aliphatic rings. The Morgan fingerprint density at radius 1 is 0.365 bits per heavy atom. The highest BCUT2D eigenvalue weighted by Crippen LogP contribution is 2.63. The van der Waals surface area contributed by atoms with Crippen LogP contribution in [0, 0.1) is 36.5 Å². The molecule has 0 atom stereocenters. The van der Waals surface area contributed by atoms with Gasteiger partial charge in [0.15, 0.2) is 0 Å². The highest BCUT2D eigenvalue weighted by atomic mass is 32.1. The number of benzene rings is 10. The van der Waals surface area contributed by atoms with E-state index in [4.69, 9.17) is 0 Å². The molecule has 10 aromatic carbocycles. The van der Waals surface area contributed by atoms with Crippen LogP contribution in [0.2, 0.25) is 0 Å². The van der Waals surface area contributed by atoms with Crippen LogP contribution in [0.3, 0.4) is 0 Å². The number of hydrogen-bond donors (Lipinski definition) is 0. The summed E-state index contributed by atoms with van der Waals surface area (Å²) in [5.74, 6) is 0. The molecule has 350 valence electrons. The van der Waals surface area contributed by atoms with Crippen molar-refractivity contribution in [3.63, 3.8) is 0 Å². The summed E-state index contributed by atoms with van der Waals surface area (Å²) in [6, 6.07) is 79.7. The number of aryl methyl sites for hydroxylation is 2. The molecule has 0 amide bonds. The highest BCUT2D eigenvalue weighted by Gasteiger charge is 2.53. The average Bonchev–Trinajstić information content (AvgIpc) is 4.11. The van der Waals surface area contributed by atoms with Gasteiger partial charge in [-0.15, -0.1) is 22.7 Å². The molecule has 2 heterocycles. The van der Waals surface area contributed by atoms with Crippen molar-refractivity contribution in [3.05, 3.63) is 262 Å². The van der Waals surface area contributed by atoms with E-state index in [0.717, 1.165) is 45.3 Å².